The summed E-state index contributed by atoms with van der Waals surface area (Å²) in [6.45, 7) is -0.549. The molecule has 1 aromatic heterocycles. The van der Waals surface area contributed by atoms with Gasteiger partial charge in [0.1, 0.15) is 6.54 Å². The van der Waals surface area contributed by atoms with E-state index in [4.69, 9.17) is 0 Å². The molecule has 146 valence electrons. The third-order valence-electron chi connectivity index (χ3n) is 4.29. The molecule has 0 saturated carbocycles. The molecule has 3 rings (SSSR count). The van der Waals surface area contributed by atoms with Crippen LogP contribution in [0.5, 0.6) is 0 Å². The number of aromatic nitrogens is 2. The highest BCUT2D eigenvalue weighted by molar-refractivity contribution is 8.18. The average Bonchev–Trinajstić information content (AvgIpc) is 3.03. The fourth-order valence-corrected chi connectivity index (χ4v) is 3.62. The molecule has 2 aromatic rings. The highest BCUT2D eigenvalue weighted by atomic mass is 32.2. The lowest BCUT2D eigenvalue weighted by molar-refractivity contribution is -0.385. The van der Waals surface area contributed by atoms with E-state index < -0.39 is 28.6 Å². The number of nitro benzene ring substituents is 1. The first-order chi connectivity index (χ1) is 13.1. The van der Waals surface area contributed by atoms with Gasteiger partial charge in [0.05, 0.1) is 33.5 Å². The number of imide groups is 1. The fourth-order valence-electron chi connectivity index (χ4n) is 2.80. The lowest BCUT2D eigenvalue weighted by Crippen LogP contribution is -2.34. The van der Waals surface area contributed by atoms with Crippen molar-refractivity contribution >= 4 is 51.7 Å². The molecule has 2 heterocycles. The zero-order valence-corrected chi connectivity index (χ0v) is 15.8. The Morgan fingerprint density at radius 2 is 1.82 bits per heavy atom. The minimum absolute atomic E-state index is 0.0577. The van der Waals surface area contributed by atoms with Crippen molar-refractivity contribution in [2.24, 2.45) is 14.1 Å². The Kier molecular flexibility index (Phi) is 4.81. The van der Waals surface area contributed by atoms with E-state index in [1.807, 2.05) is 0 Å². The van der Waals surface area contributed by atoms with Gasteiger partial charge in [0, 0.05) is 20.2 Å². The molecular formula is C16H14N4O7S. The minimum Gasteiger partial charge on any atom is -0.468 e. The van der Waals surface area contributed by atoms with E-state index in [0.717, 1.165) is 7.11 Å². The van der Waals surface area contributed by atoms with E-state index in [1.54, 1.807) is 0 Å². The zero-order valence-electron chi connectivity index (χ0n) is 15.0. The van der Waals surface area contributed by atoms with Crippen LogP contribution in [0.15, 0.2) is 21.8 Å². The van der Waals surface area contributed by atoms with Gasteiger partial charge >= 0.3 is 11.7 Å². The quantitative estimate of drug-likeness (QED) is 0.318. The maximum absolute atomic E-state index is 12.4. The molecule has 12 heteroatoms. The molecule has 0 N–H and O–H groups in total. The van der Waals surface area contributed by atoms with Crippen molar-refractivity contribution < 1.29 is 24.0 Å². The van der Waals surface area contributed by atoms with Gasteiger partial charge in [-0.2, -0.15) is 0 Å². The molecule has 0 spiro atoms. The van der Waals surface area contributed by atoms with E-state index in [1.165, 1.54) is 41.4 Å². The highest BCUT2D eigenvalue weighted by Crippen LogP contribution is 2.35. The van der Waals surface area contributed by atoms with Crippen molar-refractivity contribution in [3.05, 3.63) is 43.2 Å². The Labute approximate surface area is 161 Å². The number of aryl methyl sites for hydroxylation is 2. The number of rotatable bonds is 4. The minimum atomic E-state index is -0.768. The standard InChI is InChI=1S/C16H14N4O7S/c1-17-10-4-8(9(20(25)26)6-11(10)18(2)15(17)23)5-12-14(22)19(16(24)28-12)7-13(21)27-3/h4-6H,7H2,1-3H3/b12-5-. The van der Waals surface area contributed by atoms with Crippen LogP contribution in [-0.2, 0) is 28.4 Å². The van der Waals surface area contributed by atoms with Crippen LogP contribution in [0.25, 0.3) is 17.1 Å². The molecule has 0 radical (unpaired) electrons. The third-order valence-corrected chi connectivity index (χ3v) is 5.20. The van der Waals surface area contributed by atoms with Gasteiger partial charge in [-0.1, -0.05) is 0 Å². The zero-order chi connectivity index (χ0) is 20.7. The predicted molar refractivity (Wildman–Crippen MR) is 99.5 cm³/mol. The lowest BCUT2D eigenvalue weighted by atomic mass is 10.1. The van der Waals surface area contributed by atoms with E-state index in [9.17, 15) is 29.3 Å². The molecule has 0 bridgehead atoms. The van der Waals surface area contributed by atoms with Crippen molar-refractivity contribution in [1.29, 1.82) is 0 Å². The van der Waals surface area contributed by atoms with Gasteiger partial charge in [-0.3, -0.25) is 38.5 Å². The maximum Gasteiger partial charge on any atom is 0.328 e. The predicted octanol–water partition coefficient (Wildman–Crippen LogP) is 0.995. The van der Waals surface area contributed by atoms with Crippen LogP contribution in [0.3, 0.4) is 0 Å². The second-order valence-electron chi connectivity index (χ2n) is 5.90. The number of carbonyl (C=O) groups is 3. The summed E-state index contributed by atoms with van der Waals surface area (Å²) in [6, 6.07) is 2.64. The summed E-state index contributed by atoms with van der Waals surface area (Å²) < 4.78 is 7.04. The SMILES string of the molecule is COC(=O)CN1C(=O)S/C(=C\c2cc3c(cc2[N+](=O)[O-])n(C)c(=O)n3C)C1=O. The smallest absolute Gasteiger partial charge is 0.328 e. The largest absolute Gasteiger partial charge is 0.468 e. The molecule has 1 saturated heterocycles. The number of benzene rings is 1. The van der Waals surface area contributed by atoms with E-state index in [-0.39, 0.29) is 21.8 Å². The number of fused-ring (bicyclic) bond motifs is 1. The first-order valence-corrected chi connectivity index (χ1v) is 8.63. The summed E-state index contributed by atoms with van der Waals surface area (Å²) in [5.74, 6) is -1.52. The topological polar surface area (TPSA) is 134 Å². The maximum atomic E-state index is 12.4. The van der Waals surface area contributed by atoms with Gasteiger partial charge < -0.3 is 4.74 Å². The summed E-state index contributed by atoms with van der Waals surface area (Å²) in [5, 5.41) is 10.8. The normalized spacial score (nSPS) is 15.7. The fraction of sp³-hybridized carbons (Fsp3) is 0.250. The van der Waals surface area contributed by atoms with Gasteiger partial charge in [-0.25, -0.2) is 4.79 Å². The van der Waals surface area contributed by atoms with Crippen molar-refractivity contribution in [3.63, 3.8) is 0 Å². The third kappa shape index (κ3) is 3.07. The van der Waals surface area contributed by atoms with Crippen LogP contribution in [0.1, 0.15) is 5.56 Å². The van der Waals surface area contributed by atoms with Crippen LogP contribution in [0.2, 0.25) is 0 Å². The number of imidazole rings is 1. The number of nitrogens with zero attached hydrogens (tertiary/aromatic N) is 4. The second-order valence-corrected chi connectivity index (χ2v) is 6.89. The molecule has 0 unspecified atom stereocenters. The first kappa shape index (κ1) is 19.4. The Morgan fingerprint density at radius 1 is 1.21 bits per heavy atom. The van der Waals surface area contributed by atoms with Gasteiger partial charge in [0.15, 0.2) is 0 Å². The molecule has 1 fully saturated rings. The molecule has 28 heavy (non-hydrogen) atoms. The lowest BCUT2D eigenvalue weighted by Gasteiger charge is -2.09. The van der Waals surface area contributed by atoms with Crippen LogP contribution in [0, 0.1) is 10.1 Å². The van der Waals surface area contributed by atoms with E-state index in [2.05, 4.69) is 4.74 Å². The highest BCUT2D eigenvalue weighted by Gasteiger charge is 2.37. The Hall–Kier alpha value is -3.41. The summed E-state index contributed by atoms with van der Waals surface area (Å²) in [6.07, 6.45) is 1.21. The van der Waals surface area contributed by atoms with Crippen LogP contribution in [0.4, 0.5) is 10.5 Å². The van der Waals surface area contributed by atoms with Crippen LogP contribution < -0.4 is 5.69 Å². The number of nitro groups is 1. The summed E-state index contributed by atoms with van der Waals surface area (Å²) in [4.78, 5) is 59.4. The molecular weight excluding hydrogens is 392 g/mol. The van der Waals surface area contributed by atoms with Gasteiger partial charge in [0.25, 0.3) is 16.8 Å². The van der Waals surface area contributed by atoms with Crippen molar-refractivity contribution in [2.45, 2.75) is 0 Å². The van der Waals surface area contributed by atoms with Crippen molar-refractivity contribution in [2.75, 3.05) is 13.7 Å². The Morgan fingerprint density at radius 3 is 2.39 bits per heavy atom. The summed E-state index contributed by atoms with van der Waals surface area (Å²) in [7, 11) is 4.14. The molecule has 0 atom stereocenters. The molecule has 1 aliphatic rings. The number of hydrogen-bond donors (Lipinski definition) is 0. The van der Waals surface area contributed by atoms with Crippen molar-refractivity contribution in [3.8, 4) is 0 Å². The van der Waals surface area contributed by atoms with Gasteiger partial charge in [-0.05, 0) is 23.9 Å². The molecule has 1 aromatic carbocycles. The number of hydrogen-bond acceptors (Lipinski definition) is 8. The Balaban J connectivity index is 2.12. The van der Waals surface area contributed by atoms with E-state index in [0.29, 0.717) is 27.7 Å². The number of ether oxygens (including phenoxy) is 1. The van der Waals surface area contributed by atoms with Crippen LogP contribution in [-0.4, -0.2) is 49.7 Å². The Bertz CT molecular complexity index is 1140. The number of methoxy groups -OCH3 is 1. The van der Waals surface area contributed by atoms with Crippen LogP contribution >= 0.6 is 11.8 Å². The first-order valence-electron chi connectivity index (χ1n) is 7.81. The molecule has 0 aliphatic carbocycles. The van der Waals surface area contributed by atoms with Gasteiger partial charge in [0.2, 0.25) is 0 Å². The molecule has 11 nitrogen and oxygen atoms in total. The number of amides is 2. The van der Waals surface area contributed by atoms with Crippen molar-refractivity contribution in [1.82, 2.24) is 14.0 Å². The molecule has 2 amide bonds. The second kappa shape index (κ2) is 6.96. The summed E-state index contributed by atoms with van der Waals surface area (Å²) >= 11 is 0.562. The summed E-state index contributed by atoms with van der Waals surface area (Å²) in [5.41, 5.74) is 0.156. The monoisotopic (exact) mass is 406 g/mol. The average molecular weight is 406 g/mol. The number of carbonyl (C=O) groups excluding carboxylic acids is 3. The van der Waals surface area contributed by atoms with E-state index >= 15 is 0 Å². The number of esters is 1. The molecule has 1 aliphatic heterocycles. The van der Waals surface area contributed by atoms with Gasteiger partial charge in [-0.15, -0.1) is 0 Å². The number of thioether (sulfide) groups is 1.